The number of rotatable bonds is 5. The van der Waals surface area contributed by atoms with Crippen molar-refractivity contribution < 1.29 is 31.8 Å². The summed E-state index contributed by atoms with van der Waals surface area (Å²) in [6.45, 7) is -3.31. The molecule has 0 radical (unpaired) electrons. The SMILES string of the molecule is COc1c(C(F)(F)N2CC(CO)C(F)(F)C2)c(F)cc2c(=O)[nH]c(=O)n(C3CC3)c12. The number of nitrogens with zero attached hydrogens (tertiary/aromatic N) is 2. The highest BCUT2D eigenvalue weighted by Crippen LogP contribution is 2.48. The highest BCUT2D eigenvalue weighted by molar-refractivity contribution is 5.86. The van der Waals surface area contributed by atoms with Crippen LogP contribution >= 0.6 is 0 Å². The van der Waals surface area contributed by atoms with Crippen LogP contribution in [0.15, 0.2) is 15.7 Å². The van der Waals surface area contributed by atoms with Crippen LogP contribution in [0.3, 0.4) is 0 Å². The summed E-state index contributed by atoms with van der Waals surface area (Å²) in [5.41, 5.74) is -3.49. The maximum absolute atomic E-state index is 15.3. The van der Waals surface area contributed by atoms with Crippen molar-refractivity contribution >= 4 is 10.9 Å². The first-order chi connectivity index (χ1) is 14.0. The van der Waals surface area contributed by atoms with Crippen LogP contribution in [0.5, 0.6) is 5.75 Å². The van der Waals surface area contributed by atoms with Gasteiger partial charge in [-0.15, -0.1) is 0 Å². The molecule has 2 aromatic rings. The zero-order valence-electron chi connectivity index (χ0n) is 15.7. The molecule has 2 aliphatic rings. The highest BCUT2D eigenvalue weighted by atomic mass is 19.3. The average molecular weight is 435 g/mol. The predicted molar refractivity (Wildman–Crippen MR) is 94.6 cm³/mol. The summed E-state index contributed by atoms with van der Waals surface area (Å²) >= 11 is 0. The van der Waals surface area contributed by atoms with Crippen LogP contribution in [0.1, 0.15) is 24.4 Å². The number of halogens is 5. The largest absolute Gasteiger partial charge is 0.494 e. The van der Waals surface area contributed by atoms with Crippen LogP contribution in [0.25, 0.3) is 10.9 Å². The minimum absolute atomic E-state index is 0.0629. The van der Waals surface area contributed by atoms with Crippen molar-refractivity contribution in [2.24, 2.45) is 5.92 Å². The lowest BCUT2D eigenvalue weighted by Gasteiger charge is -2.29. The second-order valence-electron chi connectivity index (χ2n) is 7.59. The zero-order valence-corrected chi connectivity index (χ0v) is 15.7. The van der Waals surface area contributed by atoms with E-state index in [2.05, 4.69) is 0 Å². The molecule has 1 saturated carbocycles. The Morgan fingerprint density at radius 1 is 1.33 bits per heavy atom. The predicted octanol–water partition coefficient (Wildman–Crippen LogP) is 1.78. The Morgan fingerprint density at radius 3 is 2.53 bits per heavy atom. The third-order valence-electron chi connectivity index (χ3n) is 5.61. The van der Waals surface area contributed by atoms with Gasteiger partial charge < -0.3 is 9.84 Å². The summed E-state index contributed by atoms with van der Waals surface area (Å²) in [5, 5.41) is 8.73. The van der Waals surface area contributed by atoms with E-state index in [0.29, 0.717) is 18.9 Å². The van der Waals surface area contributed by atoms with Crippen LogP contribution in [0.4, 0.5) is 22.0 Å². The molecule has 4 rings (SSSR count). The standard InChI is InChI=1S/C18H18F5N3O4/c1-30-14-12(18(22,23)25-5-8(6-27)17(20,21)7-25)11(19)4-10-13(14)26(9-2-3-9)16(29)24-15(10)28/h4,8-9,27H,2-3,5-7H2,1H3,(H,24,28,29). The Balaban J connectivity index is 1.97. The Morgan fingerprint density at radius 2 is 2.00 bits per heavy atom. The van der Waals surface area contributed by atoms with Crippen LogP contribution in [-0.2, 0) is 6.05 Å². The number of fused-ring (bicyclic) bond motifs is 1. The van der Waals surface area contributed by atoms with Gasteiger partial charge in [-0.25, -0.2) is 22.9 Å². The number of likely N-dealkylation sites (tertiary alicyclic amines) is 1. The van der Waals surface area contributed by atoms with Gasteiger partial charge in [0.2, 0.25) is 0 Å². The normalized spacial score (nSPS) is 22.0. The van der Waals surface area contributed by atoms with Crippen LogP contribution in [-0.4, -0.2) is 52.3 Å². The second-order valence-corrected chi connectivity index (χ2v) is 7.59. The van der Waals surface area contributed by atoms with Crippen molar-refractivity contribution in [3.63, 3.8) is 0 Å². The van der Waals surface area contributed by atoms with Gasteiger partial charge in [-0.1, -0.05) is 0 Å². The van der Waals surface area contributed by atoms with Gasteiger partial charge in [0.15, 0.2) is 5.75 Å². The van der Waals surface area contributed by atoms with Crippen molar-refractivity contribution in [2.45, 2.75) is 30.9 Å². The van der Waals surface area contributed by atoms with Crippen LogP contribution < -0.4 is 16.0 Å². The van der Waals surface area contributed by atoms with Gasteiger partial charge in [0, 0.05) is 12.6 Å². The molecule has 30 heavy (non-hydrogen) atoms. The fourth-order valence-corrected chi connectivity index (χ4v) is 3.93. The number of methoxy groups -OCH3 is 1. The maximum Gasteiger partial charge on any atom is 0.338 e. The lowest BCUT2D eigenvalue weighted by atomic mass is 10.1. The number of nitrogens with one attached hydrogen (secondary N) is 1. The van der Waals surface area contributed by atoms with Gasteiger partial charge in [0.1, 0.15) is 16.9 Å². The number of aromatic nitrogens is 2. The van der Waals surface area contributed by atoms with E-state index in [0.717, 1.165) is 11.7 Å². The Kier molecular flexibility index (Phi) is 4.69. The highest BCUT2D eigenvalue weighted by Gasteiger charge is 2.57. The van der Waals surface area contributed by atoms with E-state index in [4.69, 9.17) is 9.84 Å². The molecule has 1 saturated heterocycles. The molecule has 1 aromatic heterocycles. The molecule has 0 amide bonds. The first-order valence-electron chi connectivity index (χ1n) is 9.20. The molecular formula is C18H18F5N3O4. The monoisotopic (exact) mass is 435 g/mol. The van der Waals surface area contributed by atoms with Gasteiger partial charge >= 0.3 is 11.7 Å². The first kappa shape index (κ1) is 20.8. The first-order valence-corrected chi connectivity index (χ1v) is 9.20. The van der Waals surface area contributed by atoms with E-state index in [9.17, 15) is 22.8 Å². The summed E-state index contributed by atoms with van der Waals surface area (Å²) in [6, 6.07) is -4.09. The summed E-state index contributed by atoms with van der Waals surface area (Å²) in [5.74, 6) is -7.65. The van der Waals surface area contributed by atoms with Gasteiger partial charge in [-0.05, 0) is 18.9 Å². The van der Waals surface area contributed by atoms with Crippen molar-refractivity contribution in [1.29, 1.82) is 0 Å². The molecule has 1 atom stereocenters. The van der Waals surface area contributed by atoms with Crippen molar-refractivity contribution in [3.05, 3.63) is 38.3 Å². The molecule has 1 unspecified atom stereocenters. The van der Waals surface area contributed by atoms with E-state index >= 15 is 8.78 Å². The number of hydrogen-bond donors (Lipinski definition) is 2. The van der Waals surface area contributed by atoms with Gasteiger partial charge in [0.25, 0.3) is 11.5 Å². The van der Waals surface area contributed by atoms with E-state index < -0.39 is 66.0 Å². The lowest BCUT2D eigenvalue weighted by Crippen LogP contribution is -2.40. The Hall–Kier alpha value is -2.47. The summed E-state index contributed by atoms with van der Waals surface area (Å²) in [6.07, 6.45) is 1.09. The fraction of sp³-hybridized carbons (Fsp3) is 0.556. The molecular weight excluding hydrogens is 417 g/mol. The smallest absolute Gasteiger partial charge is 0.338 e. The molecule has 2 N–H and O–H groups in total. The molecule has 1 aliphatic heterocycles. The molecule has 164 valence electrons. The number of hydrogen-bond acceptors (Lipinski definition) is 5. The molecule has 1 aromatic carbocycles. The number of H-pyrrole nitrogens is 1. The van der Waals surface area contributed by atoms with E-state index in [1.165, 1.54) is 0 Å². The summed E-state index contributed by atoms with van der Waals surface area (Å²) in [7, 11) is 0.964. The molecule has 0 spiro atoms. The number of alkyl halides is 4. The quantitative estimate of drug-likeness (QED) is 0.553. The number of ether oxygens (including phenoxy) is 1. The Bertz CT molecular complexity index is 1130. The Labute approximate surface area is 165 Å². The topological polar surface area (TPSA) is 87.6 Å². The molecule has 1 aliphatic carbocycles. The van der Waals surface area contributed by atoms with Crippen molar-refractivity contribution in [2.75, 3.05) is 26.8 Å². The van der Waals surface area contributed by atoms with E-state index in [1.54, 1.807) is 0 Å². The number of aliphatic hydroxyl groups excluding tert-OH is 1. The zero-order chi connectivity index (χ0) is 22.0. The maximum atomic E-state index is 15.3. The van der Waals surface area contributed by atoms with Crippen LogP contribution in [0, 0.1) is 11.7 Å². The summed E-state index contributed by atoms with van der Waals surface area (Å²) < 4.78 is 79.5. The number of aliphatic hydroxyl groups is 1. The molecule has 0 bridgehead atoms. The van der Waals surface area contributed by atoms with Crippen LogP contribution in [0.2, 0.25) is 0 Å². The molecule has 2 fully saturated rings. The van der Waals surface area contributed by atoms with E-state index in [-0.39, 0.29) is 21.8 Å². The molecule has 2 heterocycles. The second kappa shape index (κ2) is 6.77. The van der Waals surface area contributed by atoms with E-state index in [1.807, 2.05) is 4.98 Å². The minimum atomic E-state index is -4.26. The number of benzene rings is 1. The fourth-order valence-electron chi connectivity index (χ4n) is 3.93. The number of aromatic amines is 1. The lowest BCUT2D eigenvalue weighted by molar-refractivity contribution is -0.158. The minimum Gasteiger partial charge on any atom is -0.494 e. The van der Waals surface area contributed by atoms with Crippen molar-refractivity contribution in [1.82, 2.24) is 14.5 Å². The van der Waals surface area contributed by atoms with Gasteiger partial charge in [0.05, 0.1) is 31.6 Å². The third kappa shape index (κ3) is 3.00. The average Bonchev–Trinajstić information content (AvgIpc) is 3.43. The van der Waals surface area contributed by atoms with Gasteiger partial charge in [-0.3, -0.25) is 14.3 Å². The summed E-state index contributed by atoms with van der Waals surface area (Å²) in [4.78, 5) is 26.6. The third-order valence-corrected chi connectivity index (χ3v) is 5.61. The van der Waals surface area contributed by atoms with Crippen molar-refractivity contribution in [3.8, 4) is 5.75 Å². The molecule has 7 nitrogen and oxygen atoms in total. The van der Waals surface area contributed by atoms with Gasteiger partial charge in [-0.2, -0.15) is 8.78 Å². The molecule has 12 heteroatoms.